The standard InChI is InChI=1S/C17H21N3OS2/c1-13-6-8-15(9-7-13)14(2)19-20-16(21)10-12-22-23-17-5-3-4-11-18-17/h5-9,11H,3-4,10,12H2,1-2H3,(H,20,21)/b19-14+. The number of hydrogen-bond acceptors (Lipinski definition) is 5. The molecule has 0 bridgehead atoms. The molecule has 122 valence electrons. The van der Waals surface area contributed by atoms with E-state index in [4.69, 9.17) is 0 Å². The highest BCUT2D eigenvalue weighted by atomic mass is 33.1. The van der Waals surface area contributed by atoms with Gasteiger partial charge in [-0.1, -0.05) is 46.7 Å². The Hall–Kier alpha value is -1.53. The zero-order valence-corrected chi connectivity index (χ0v) is 15.0. The molecule has 1 aliphatic rings. The Bertz CT molecular complexity index is 621. The van der Waals surface area contributed by atoms with E-state index >= 15 is 0 Å². The minimum Gasteiger partial charge on any atom is -0.273 e. The molecule has 6 heteroatoms. The first kappa shape index (κ1) is 17.8. The molecule has 0 unspecified atom stereocenters. The lowest BCUT2D eigenvalue weighted by atomic mass is 10.1. The highest BCUT2D eigenvalue weighted by Crippen LogP contribution is 2.32. The highest BCUT2D eigenvalue weighted by Gasteiger charge is 2.04. The van der Waals surface area contributed by atoms with E-state index in [1.54, 1.807) is 21.6 Å². The molecule has 2 rings (SSSR count). The van der Waals surface area contributed by atoms with Crippen LogP contribution in [0.15, 0.2) is 45.5 Å². The van der Waals surface area contributed by atoms with Crippen LogP contribution in [-0.2, 0) is 4.79 Å². The van der Waals surface area contributed by atoms with Crippen molar-refractivity contribution in [3.05, 3.63) is 46.5 Å². The number of carbonyl (C=O) groups excluding carboxylic acids is 1. The molecular formula is C17H21N3OS2. The Balaban J connectivity index is 1.68. The van der Waals surface area contributed by atoms with Crippen LogP contribution in [-0.4, -0.2) is 23.6 Å². The van der Waals surface area contributed by atoms with E-state index in [9.17, 15) is 4.79 Å². The first-order chi connectivity index (χ1) is 11.1. The number of aryl methyl sites for hydroxylation is 1. The number of aliphatic imine (C=N–C) groups is 1. The van der Waals surface area contributed by atoms with Crippen LogP contribution in [0.25, 0.3) is 0 Å². The molecule has 0 fully saturated rings. The van der Waals surface area contributed by atoms with Crippen LogP contribution in [0.3, 0.4) is 0 Å². The van der Waals surface area contributed by atoms with E-state index < -0.39 is 0 Å². The Labute approximate surface area is 145 Å². The fourth-order valence-electron chi connectivity index (χ4n) is 1.84. The largest absolute Gasteiger partial charge is 0.273 e. The number of benzene rings is 1. The van der Waals surface area contributed by atoms with Crippen molar-refractivity contribution in [1.29, 1.82) is 0 Å². The molecular weight excluding hydrogens is 326 g/mol. The van der Waals surface area contributed by atoms with Crippen molar-refractivity contribution in [3.63, 3.8) is 0 Å². The van der Waals surface area contributed by atoms with E-state index in [-0.39, 0.29) is 5.91 Å². The van der Waals surface area contributed by atoms with Crippen molar-refractivity contribution in [2.24, 2.45) is 10.1 Å². The molecule has 23 heavy (non-hydrogen) atoms. The predicted molar refractivity (Wildman–Crippen MR) is 102 cm³/mol. The fourth-order valence-corrected chi connectivity index (χ4v) is 3.81. The summed E-state index contributed by atoms with van der Waals surface area (Å²) in [4.78, 5) is 16.1. The summed E-state index contributed by atoms with van der Waals surface area (Å²) >= 11 is 0. The monoisotopic (exact) mass is 347 g/mol. The molecule has 1 N–H and O–H groups in total. The van der Waals surface area contributed by atoms with Crippen molar-refractivity contribution >= 4 is 39.4 Å². The van der Waals surface area contributed by atoms with Crippen LogP contribution < -0.4 is 5.43 Å². The van der Waals surface area contributed by atoms with Gasteiger partial charge in [-0.15, -0.1) is 0 Å². The minimum atomic E-state index is -0.0642. The van der Waals surface area contributed by atoms with Gasteiger partial charge in [-0.3, -0.25) is 9.79 Å². The zero-order valence-electron chi connectivity index (χ0n) is 13.4. The lowest BCUT2D eigenvalue weighted by Gasteiger charge is -2.05. The summed E-state index contributed by atoms with van der Waals surface area (Å²) < 4.78 is 0. The average molecular weight is 348 g/mol. The van der Waals surface area contributed by atoms with Crippen molar-refractivity contribution in [2.75, 3.05) is 5.75 Å². The second-order valence-electron chi connectivity index (χ2n) is 5.18. The molecule has 0 aliphatic carbocycles. The van der Waals surface area contributed by atoms with Gasteiger partial charge in [0, 0.05) is 18.4 Å². The lowest BCUT2D eigenvalue weighted by molar-refractivity contribution is -0.120. The third-order valence-electron chi connectivity index (χ3n) is 3.21. The first-order valence-electron chi connectivity index (χ1n) is 7.57. The van der Waals surface area contributed by atoms with E-state index in [0.717, 1.165) is 34.9 Å². The molecule has 0 saturated heterocycles. The number of amides is 1. The normalized spacial score (nSPS) is 14.5. The zero-order chi connectivity index (χ0) is 16.5. The molecule has 0 saturated carbocycles. The topological polar surface area (TPSA) is 53.8 Å². The molecule has 1 aromatic rings. The number of carbonyl (C=O) groups is 1. The van der Waals surface area contributed by atoms with Gasteiger partial charge in [0.15, 0.2) is 0 Å². The maximum absolute atomic E-state index is 11.8. The molecule has 0 aromatic heterocycles. The van der Waals surface area contributed by atoms with Gasteiger partial charge in [0.1, 0.15) is 5.03 Å². The Kier molecular flexibility index (Phi) is 7.42. The number of hydrogen-bond donors (Lipinski definition) is 1. The van der Waals surface area contributed by atoms with E-state index in [1.807, 2.05) is 44.3 Å². The molecule has 1 aromatic carbocycles. The molecule has 1 amide bonds. The number of allylic oxidation sites excluding steroid dienone is 1. The molecule has 1 aliphatic heterocycles. The highest BCUT2D eigenvalue weighted by molar-refractivity contribution is 8.78. The molecule has 0 spiro atoms. The van der Waals surface area contributed by atoms with Crippen molar-refractivity contribution in [1.82, 2.24) is 5.43 Å². The first-order valence-corrected chi connectivity index (χ1v) is 9.89. The summed E-state index contributed by atoms with van der Waals surface area (Å²) in [6, 6.07) is 8.08. The third-order valence-corrected chi connectivity index (χ3v) is 5.50. The van der Waals surface area contributed by atoms with Gasteiger partial charge in [0.05, 0.1) is 5.71 Å². The van der Waals surface area contributed by atoms with Crippen molar-refractivity contribution < 1.29 is 4.79 Å². The van der Waals surface area contributed by atoms with Crippen LogP contribution in [0, 0.1) is 6.92 Å². The van der Waals surface area contributed by atoms with E-state index in [0.29, 0.717) is 6.42 Å². The number of rotatable bonds is 7. The van der Waals surface area contributed by atoms with Gasteiger partial charge >= 0.3 is 0 Å². The smallest absolute Gasteiger partial charge is 0.240 e. The minimum absolute atomic E-state index is 0.0642. The molecule has 0 atom stereocenters. The molecule has 4 nitrogen and oxygen atoms in total. The van der Waals surface area contributed by atoms with Crippen molar-refractivity contribution in [2.45, 2.75) is 33.1 Å². The van der Waals surface area contributed by atoms with Crippen LogP contribution >= 0.6 is 21.6 Å². The summed E-state index contributed by atoms with van der Waals surface area (Å²) in [5.41, 5.74) is 5.65. The average Bonchev–Trinajstić information content (AvgIpc) is 2.58. The summed E-state index contributed by atoms with van der Waals surface area (Å²) in [5, 5.41) is 5.20. The number of hydrazone groups is 1. The summed E-state index contributed by atoms with van der Waals surface area (Å²) in [6.45, 7) is 3.94. The number of nitrogens with one attached hydrogen (secondary N) is 1. The van der Waals surface area contributed by atoms with E-state index in [2.05, 4.69) is 21.6 Å². The van der Waals surface area contributed by atoms with Crippen LogP contribution in [0.2, 0.25) is 0 Å². The van der Waals surface area contributed by atoms with Crippen LogP contribution in [0.4, 0.5) is 0 Å². The second-order valence-corrected chi connectivity index (χ2v) is 7.62. The maximum Gasteiger partial charge on any atom is 0.240 e. The Morgan fingerprint density at radius 3 is 2.78 bits per heavy atom. The predicted octanol–water partition coefficient (Wildman–Crippen LogP) is 4.31. The van der Waals surface area contributed by atoms with Crippen molar-refractivity contribution in [3.8, 4) is 0 Å². The lowest BCUT2D eigenvalue weighted by Crippen LogP contribution is -2.19. The van der Waals surface area contributed by atoms with E-state index in [1.165, 1.54) is 5.56 Å². The van der Waals surface area contributed by atoms with Gasteiger partial charge in [-0.25, -0.2) is 5.43 Å². The molecule has 0 radical (unpaired) electrons. The van der Waals surface area contributed by atoms with Gasteiger partial charge in [0.25, 0.3) is 0 Å². The fraction of sp³-hybridized carbons (Fsp3) is 0.353. The maximum atomic E-state index is 11.8. The second kappa shape index (κ2) is 9.57. The quantitative estimate of drug-likeness (QED) is 0.346. The summed E-state index contributed by atoms with van der Waals surface area (Å²) in [7, 11) is 3.27. The molecule has 1 heterocycles. The van der Waals surface area contributed by atoms with Crippen LogP contribution in [0.5, 0.6) is 0 Å². The van der Waals surface area contributed by atoms with Gasteiger partial charge in [-0.05, 0) is 43.0 Å². The van der Waals surface area contributed by atoms with Gasteiger partial charge < -0.3 is 0 Å². The Morgan fingerprint density at radius 1 is 1.30 bits per heavy atom. The SMILES string of the molecule is C/C(=N\NC(=O)CCSSC1=CCCC=N1)c1ccc(C)cc1. The number of nitrogens with zero attached hydrogens (tertiary/aromatic N) is 2. The van der Waals surface area contributed by atoms with Crippen LogP contribution in [0.1, 0.15) is 37.3 Å². The Morgan fingerprint density at radius 2 is 2.09 bits per heavy atom. The van der Waals surface area contributed by atoms with Gasteiger partial charge in [-0.2, -0.15) is 5.10 Å². The summed E-state index contributed by atoms with van der Waals surface area (Å²) in [5.74, 6) is 0.674. The summed E-state index contributed by atoms with van der Waals surface area (Å²) in [6.07, 6.45) is 6.60. The third kappa shape index (κ3) is 6.62. The van der Waals surface area contributed by atoms with Gasteiger partial charge in [0.2, 0.25) is 5.91 Å².